The van der Waals surface area contributed by atoms with Gasteiger partial charge in [0.2, 0.25) is 0 Å². The van der Waals surface area contributed by atoms with E-state index in [0.29, 0.717) is 16.9 Å². The number of hydrogen-bond acceptors (Lipinski definition) is 7. The zero-order valence-corrected chi connectivity index (χ0v) is 16.0. The summed E-state index contributed by atoms with van der Waals surface area (Å²) in [4.78, 5) is 32.6. The van der Waals surface area contributed by atoms with E-state index < -0.39 is 18.2 Å². The molecule has 1 saturated heterocycles. The fourth-order valence-electron chi connectivity index (χ4n) is 3.09. The first-order valence-corrected chi connectivity index (χ1v) is 9.25. The molecule has 1 fully saturated rings. The molecule has 2 aliphatic heterocycles. The van der Waals surface area contributed by atoms with Crippen molar-refractivity contribution in [1.29, 1.82) is 0 Å². The number of carbonyl (C=O) groups is 2. The Bertz CT molecular complexity index is 924. The van der Waals surface area contributed by atoms with Gasteiger partial charge in [-0.05, 0) is 24.2 Å². The van der Waals surface area contributed by atoms with Crippen molar-refractivity contribution in [3.8, 4) is 0 Å². The number of aryl methyl sites for hydroxylation is 2. The highest BCUT2D eigenvalue weighted by molar-refractivity contribution is 8.13. The largest absolute Gasteiger partial charge is 0.331 e. The number of carbonyl (C=O) groups excluding carboxylic acids is 2. The summed E-state index contributed by atoms with van der Waals surface area (Å²) in [5, 5.41) is 11.7. The van der Waals surface area contributed by atoms with Crippen molar-refractivity contribution in [2.24, 2.45) is 12.0 Å². The van der Waals surface area contributed by atoms with Crippen LogP contribution in [0.3, 0.4) is 0 Å². The number of nitrogens with zero attached hydrogens (tertiary/aromatic N) is 6. The molecular formula is C17H19N7O2S. The number of nitrogens with one attached hydrogen (secondary N) is 1. The number of likely N-dealkylation sites (N-methyl/N-ethyl adjacent to an activating group) is 1. The van der Waals surface area contributed by atoms with E-state index in [1.807, 2.05) is 43.1 Å². The van der Waals surface area contributed by atoms with Crippen molar-refractivity contribution < 1.29 is 9.59 Å². The van der Waals surface area contributed by atoms with Gasteiger partial charge in [-0.2, -0.15) is 0 Å². The van der Waals surface area contributed by atoms with Crippen molar-refractivity contribution in [3.05, 3.63) is 41.7 Å². The summed E-state index contributed by atoms with van der Waals surface area (Å²) in [6.07, 6.45) is 1.05. The molecule has 3 amide bonds. The highest BCUT2D eigenvalue weighted by Crippen LogP contribution is 2.32. The minimum Gasteiger partial charge on any atom is -0.331 e. The first-order valence-electron chi connectivity index (χ1n) is 8.43. The van der Waals surface area contributed by atoms with Crippen LogP contribution in [-0.4, -0.2) is 60.9 Å². The Morgan fingerprint density at radius 2 is 1.93 bits per heavy atom. The van der Waals surface area contributed by atoms with E-state index >= 15 is 0 Å². The summed E-state index contributed by atoms with van der Waals surface area (Å²) >= 11 is 1.33. The van der Waals surface area contributed by atoms with Gasteiger partial charge in [0.05, 0.1) is 0 Å². The summed E-state index contributed by atoms with van der Waals surface area (Å²) in [5.41, 5.74) is 2.22. The molecule has 1 aromatic carbocycles. The summed E-state index contributed by atoms with van der Waals surface area (Å²) < 4.78 is 1.79. The quantitative estimate of drug-likeness (QED) is 0.846. The molecule has 4 rings (SSSR count). The number of amidine groups is 1. The molecule has 10 heteroatoms. The van der Waals surface area contributed by atoms with Gasteiger partial charge in [0, 0.05) is 20.6 Å². The normalized spacial score (nSPS) is 22.0. The fraction of sp³-hybridized carbons (Fsp3) is 0.353. The minimum absolute atomic E-state index is 0.340. The van der Waals surface area contributed by atoms with Crippen molar-refractivity contribution in [2.45, 2.75) is 30.8 Å². The predicted octanol–water partition coefficient (Wildman–Crippen LogP) is 0.964. The Morgan fingerprint density at radius 1 is 1.19 bits per heavy atom. The molecule has 0 bridgehead atoms. The lowest BCUT2D eigenvalue weighted by Gasteiger charge is -2.36. The summed E-state index contributed by atoms with van der Waals surface area (Å²) in [6.45, 7) is 2.53. The number of amides is 3. The average molecular weight is 385 g/mol. The van der Waals surface area contributed by atoms with E-state index in [1.165, 1.54) is 22.2 Å². The molecule has 0 aliphatic carbocycles. The smallest absolute Gasteiger partial charge is 0.325 e. The van der Waals surface area contributed by atoms with Crippen LogP contribution in [0.5, 0.6) is 0 Å². The van der Waals surface area contributed by atoms with E-state index in [-0.39, 0.29) is 5.91 Å². The standard InChI is InChI=1S/C17H19N7O2S/c1-10-4-6-11(7-5-10)8-24-12-13(23(3)15(26)20-14(12)25)19-16(24)27-17-21-18-9-22(17)2/h4-7,9,12-13H,8H2,1-3H3,(H,20,25,26). The molecule has 1 aromatic heterocycles. The Labute approximate surface area is 160 Å². The Balaban J connectivity index is 1.68. The first-order chi connectivity index (χ1) is 12.9. The zero-order valence-electron chi connectivity index (χ0n) is 15.2. The van der Waals surface area contributed by atoms with E-state index in [2.05, 4.69) is 20.5 Å². The van der Waals surface area contributed by atoms with Crippen molar-refractivity contribution in [1.82, 2.24) is 29.9 Å². The summed E-state index contributed by atoms with van der Waals surface area (Å²) in [6, 6.07) is 7.11. The van der Waals surface area contributed by atoms with E-state index in [1.54, 1.807) is 17.9 Å². The monoisotopic (exact) mass is 385 g/mol. The molecule has 0 radical (unpaired) electrons. The van der Waals surface area contributed by atoms with Crippen LogP contribution in [0, 0.1) is 6.92 Å². The van der Waals surface area contributed by atoms with Gasteiger partial charge in [-0.3, -0.25) is 10.1 Å². The summed E-state index contributed by atoms with van der Waals surface area (Å²) in [7, 11) is 3.49. The highest BCUT2D eigenvalue weighted by Gasteiger charge is 2.48. The molecule has 2 aliphatic rings. The Hall–Kier alpha value is -2.88. The predicted molar refractivity (Wildman–Crippen MR) is 99.9 cm³/mol. The lowest BCUT2D eigenvalue weighted by atomic mass is 10.1. The van der Waals surface area contributed by atoms with Gasteiger partial charge in [-0.1, -0.05) is 29.8 Å². The van der Waals surface area contributed by atoms with Crippen molar-refractivity contribution >= 4 is 28.9 Å². The number of urea groups is 1. The third kappa shape index (κ3) is 3.16. The van der Waals surface area contributed by atoms with Crippen molar-refractivity contribution in [2.75, 3.05) is 7.05 Å². The Kier molecular flexibility index (Phi) is 4.34. The number of fused-ring (bicyclic) bond motifs is 1. The molecule has 1 N–H and O–H groups in total. The van der Waals surface area contributed by atoms with Gasteiger partial charge < -0.3 is 14.4 Å². The van der Waals surface area contributed by atoms with Gasteiger partial charge in [0.25, 0.3) is 5.91 Å². The second-order valence-electron chi connectivity index (χ2n) is 6.62. The number of imide groups is 1. The maximum absolute atomic E-state index is 12.6. The first kappa shape index (κ1) is 17.5. The van der Waals surface area contributed by atoms with Gasteiger partial charge in [0.1, 0.15) is 6.33 Å². The number of hydrogen-bond donors (Lipinski definition) is 1. The highest BCUT2D eigenvalue weighted by atomic mass is 32.2. The lowest BCUT2D eigenvalue weighted by Crippen LogP contribution is -2.63. The minimum atomic E-state index is -0.579. The van der Waals surface area contributed by atoms with E-state index in [0.717, 1.165) is 5.56 Å². The Morgan fingerprint density at radius 3 is 2.59 bits per heavy atom. The second kappa shape index (κ2) is 6.69. The molecule has 27 heavy (non-hydrogen) atoms. The van der Waals surface area contributed by atoms with Gasteiger partial charge in [-0.15, -0.1) is 10.2 Å². The summed E-state index contributed by atoms with van der Waals surface area (Å²) in [5.74, 6) is -0.340. The van der Waals surface area contributed by atoms with Crippen LogP contribution in [-0.2, 0) is 18.4 Å². The maximum atomic E-state index is 12.6. The zero-order chi connectivity index (χ0) is 19.1. The molecule has 2 unspecified atom stereocenters. The molecule has 2 atom stereocenters. The number of benzene rings is 1. The maximum Gasteiger partial charge on any atom is 0.325 e. The average Bonchev–Trinajstić information content (AvgIpc) is 3.20. The van der Waals surface area contributed by atoms with Gasteiger partial charge in [0.15, 0.2) is 22.5 Å². The SMILES string of the molecule is Cc1ccc(CN2C(Sc3nncn3C)=NC3C2C(=O)NC(=O)N3C)cc1. The van der Waals surface area contributed by atoms with E-state index in [9.17, 15) is 9.59 Å². The molecular weight excluding hydrogens is 366 g/mol. The molecule has 0 spiro atoms. The molecule has 9 nitrogen and oxygen atoms in total. The lowest BCUT2D eigenvalue weighted by molar-refractivity contribution is -0.127. The van der Waals surface area contributed by atoms with Crippen LogP contribution in [0.4, 0.5) is 4.79 Å². The number of rotatable bonds is 3. The molecule has 140 valence electrons. The van der Waals surface area contributed by atoms with Crippen LogP contribution in [0.25, 0.3) is 0 Å². The topological polar surface area (TPSA) is 95.7 Å². The number of aromatic nitrogens is 3. The van der Waals surface area contributed by atoms with Crippen LogP contribution in [0.2, 0.25) is 0 Å². The third-order valence-electron chi connectivity index (χ3n) is 4.65. The second-order valence-corrected chi connectivity index (χ2v) is 7.55. The van der Waals surface area contributed by atoms with Crippen LogP contribution in [0.15, 0.2) is 40.7 Å². The fourth-order valence-corrected chi connectivity index (χ4v) is 3.99. The molecule has 0 saturated carbocycles. The molecule has 2 aromatic rings. The van der Waals surface area contributed by atoms with Crippen molar-refractivity contribution in [3.63, 3.8) is 0 Å². The van der Waals surface area contributed by atoms with Crippen LogP contribution >= 0.6 is 11.8 Å². The van der Waals surface area contributed by atoms with E-state index in [4.69, 9.17) is 0 Å². The number of thioether (sulfide) groups is 1. The van der Waals surface area contributed by atoms with Gasteiger partial charge in [-0.25, -0.2) is 9.79 Å². The van der Waals surface area contributed by atoms with Gasteiger partial charge >= 0.3 is 6.03 Å². The van der Waals surface area contributed by atoms with Crippen LogP contribution in [0.1, 0.15) is 11.1 Å². The third-order valence-corrected chi connectivity index (χ3v) is 5.72. The molecule has 3 heterocycles. The number of aliphatic imine (C=N–C) groups is 1. The van der Waals surface area contributed by atoms with Crippen LogP contribution < -0.4 is 5.32 Å².